The van der Waals surface area contributed by atoms with Gasteiger partial charge in [-0.2, -0.15) is 0 Å². The highest BCUT2D eigenvalue weighted by Crippen LogP contribution is 2.26. The summed E-state index contributed by atoms with van der Waals surface area (Å²) in [6.07, 6.45) is 0. The van der Waals surface area contributed by atoms with E-state index in [2.05, 4.69) is 5.32 Å². The molecule has 2 N–H and O–H groups in total. The first-order valence-corrected chi connectivity index (χ1v) is 5.63. The summed E-state index contributed by atoms with van der Waals surface area (Å²) in [6, 6.07) is 3.20. The Morgan fingerprint density at radius 2 is 2.06 bits per heavy atom. The first kappa shape index (κ1) is 14.5. The summed E-state index contributed by atoms with van der Waals surface area (Å²) in [5.41, 5.74) is 1.15. The van der Waals surface area contributed by atoms with Gasteiger partial charge in [0, 0.05) is 5.02 Å². The molecule has 6 heteroatoms. The number of aliphatic carboxylic acids is 1. The molecule has 5 nitrogen and oxygen atoms in total. The van der Waals surface area contributed by atoms with Crippen LogP contribution in [-0.2, 0) is 4.79 Å². The first-order chi connectivity index (χ1) is 8.45. The molecule has 0 saturated carbocycles. The first-order valence-electron chi connectivity index (χ1n) is 5.25. The Balaban J connectivity index is 2.84. The number of hydrogen-bond donors (Lipinski definition) is 2. The third kappa shape index (κ3) is 3.72. The summed E-state index contributed by atoms with van der Waals surface area (Å²) in [5.74, 6) is -0.856. The predicted octanol–water partition coefficient (Wildman–Crippen LogP) is 1.51. The number of ketones is 1. The predicted molar refractivity (Wildman–Crippen MR) is 67.6 cm³/mol. The van der Waals surface area contributed by atoms with Gasteiger partial charge in [0.1, 0.15) is 5.75 Å². The highest BCUT2D eigenvalue weighted by Gasteiger charge is 2.14. The highest BCUT2D eigenvalue weighted by molar-refractivity contribution is 6.31. The normalized spacial score (nSPS) is 10.2. The van der Waals surface area contributed by atoms with E-state index >= 15 is 0 Å². The second-order valence-electron chi connectivity index (χ2n) is 3.72. The van der Waals surface area contributed by atoms with Gasteiger partial charge in [-0.05, 0) is 24.6 Å². The molecule has 18 heavy (non-hydrogen) atoms. The molecule has 0 bridgehead atoms. The van der Waals surface area contributed by atoms with E-state index in [1.807, 2.05) is 6.92 Å². The van der Waals surface area contributed by atoms with Gasteiger partial charge in [-0.25, -0.2) is 0 Å². The van der Waals surface area contributed by atoms with Crippen LogP contribution in [0.15, 0.2) is 12.1 Å². The number of halogens is 1. The molecule has 0 aliphatic rings. The van der Waals surface area contributed by atoms with E-state index in [1.165, 1.54) is 13.2 Å². The van der Waals surface area contributed by atoms with Crippen LogP contribution in [0.2, 0.25) is 5.02 Å². The van der Waals surface area contributed by atoms with Crippen molar-refractivity contribution in [3.8, 4) is 5.75 Å². The molecule has 0 heterocycles. The Labute approximate surface area is 110 Å². The minimum atomic E-state index is -1.02. The molecule has 0 saturated heterocycles. The van der Waals surface area contributed by atoms with Crippen LogP contribution in [0.4, 0.5) is 0 Å². The third-order valence-electron chi connectivity index (χ3n) is 2.34. The lowest BCUT2D eigenvalue weighted by Crippen LogP contribution is -2.28. The SMILES string of the molecule is COc1cc(C)c(Cl)cc1C(=O)CNCC(=O)O. The average molecular weight is 272 g/mol. The number of carboxylic acids is 1. The standard InChI is InChI=1S/C12H14ClNO4/c1-7-3-11(18-2)8(4-9(7)13)10(15)5-14-6-12(16)17/h3-4,14H,5-6H2,1-2H3,(H,16,17). The summed E-state index contributed by atoms with van der Waals surface area (Å²) >= 11 is 5.95. The summed E-state index contributed by atoms with van der Waals surface area (Å²) in [5, 5.41) is 11.4. The summed E-state index contributed by atoms with van der Waals surface area (Å²) < 4.78 is 5.11. The van der Waals surface area contributed by atoms with Crippen LogP contribution in [0.1, 0.15) is 15.9 Å². The van der Waals surface area contributed by atoms with Gasteiger partial charge in [0.15, 0.2) is 5.78 Å². The zero-order valence-electron chi connectivity index (χ0n) is 10.1. The van der Waals surface area contributed by atoms with E-state index < -0.39 is 5.97 Å². The summed E-state index contributed by atoms with van der Waals surface area (Å²) in [7, 11) is 1.46. The monoisotopic (exact) mass is 271 g/mol. The molecule has 0 aliphatic heterocycles. The number of methoxy groups -OCH3 is 1. The fourth-order valence-electron chi connectivity index (χ4n) is 1.42. The molecule has 1 aromatic carbocycles. The smallest absolute Gasteiger partial charge is 0.317 e. The molecule has 0 aromatic heterocycles. The fraction of sp³-hybridized carbons (Fsp3) is 0.333. The van der Waals surface area contributed by atoms with Gasteiger partial charge in [-0.15, -0.1) is 0 Å². The molecule has 0 unspecified atom stereocenters. The maximum atomic E-state index is 11.9. The highest BCUT2D eigenvalue weighted by atomic mass is 35.5. The Morgan fingerprint density at radius 3 is 2.61 bits per heavy atom. The van der Waals surface area contributed by atoms with Gasteiger partial charge in [-0.1, -0.05) is 11.6 Å². The molecule has 98 valence electrons. The third-order valence-corrected chi connectivity index (χ3v) is 2.75. The van der Waals surface area contributed by atoms with Crippen LogP contribution < -0.4 is 10.1 Å². The van der Waals surface area contributed by atoms with E-state index in [4.69, 9.17) is 21.4 Å². The topological polar surface area (TPSA) is 75.6 Å². The number of benzene rings is 1. The van der Waals surface area contributed by atoms with Crippen molar-refractivity contribution < 1.29 is 19.4 Å². The maximum absolute atomic E-state index is 11.9. The van der Waals surface area contributed by atoms with Crippen molar-refractivity contribution in [1.82, 2.24) is 5.32 Å². The molecule has 1 aromatic rings. The quantitative estimate of drug-likeness (QED) is 0.767. The zero-order chi connectivity index (χ0) is 13.7. The Hall–Kier alpha value is -1.59. The fourth-order valence-corrected chi connectivity index (χ4v) is 1.58. The van der Waals surface area contributed by atoms with Gasteiger partial charge in [0.2, 0.25) is 0 Å². The molecule has 0 fully saturated rings. The van der Waals surface area contributed by atoms with Gasteiger partial charge in [0.05, 0.1) is 25.8 Å². The summed E-state index contributed by atoms with van der Waals surface area (Å²) in [6.45, 7) is 1.46. The van der Waals surface area contributed by atoms with Crippen molar-refractivity contribution in [1.29, 1.82) is 0 Å². The Bertz CT molecular complexity index is 473. The van der Waals surface area contributed by atoms with Gasteiger partial charge >= 0.3 is 5.97 Å². The van der Waals surface area contributed by atoms with Crippen molar-refractivity contribution in [3.05, 3.63) is 28.3 Å². The van der Waals surface area contributed by atoms with Gasteiger partial charge in [0.25, 0.3) is 0 Å². The molecule has 0 amide bonds. The molecular weight excluding hydrogens is 258 g/mol. The second kappa shape index (κ2) is 6.37. The van der Waals surface area contributed by atoms with Crippen LogP contribution in [0.25, 0.3) is 0 Å². The molecular formula is C12H14ClNO4. The van der Waals surface area contributed by atoms with E-state index in [9.17, 15) is 9.59 Å². The van der Waals surface area contributed by atoms with Crippen molar-refractivity contribution >= 4 is 23.4 Å². The van der Waals surface area contributed by atoms with E-state index in [-0.39, 0.29) is 18.9 Å². The maximum Gasteiger partial charge on any atom is 0.317 e. The minimum absolute atomic E-state index is 0.0813. The molecule has 0 spiro atoms. The Kier molecular flexibility index (Phi) is 5.12. The minimum Gasteiger partial charge on any atom is -0.496 e. The number of carboxylic acid groups (broad SMARTS) is 1. The Morgan fingerprint density at radius 1 is 1.39 bits per heavy atom. The van der Waals surface area contributed by atoms with Crippen LogP contribution in [0, 0.1) is 6.92 Å². The average Bonchev–Trinajstić information content (AvgIpc) is 2.31. The van der Waals surface area contributed by atoms with Gasteiger partial charge < -0.3 is 9.84 Å². The number of Topliss-reactive ketones (excluding diaryl/α,β-unsaturated/α-hetero) is 1. The number of nitrogens with one attached hydrogen (secondary N) is 1. The lowest BCUT2D eigenvalue weighted by Gasteiger charge is -2.10. The van der Waals surface area contributed by atoms with E-state index in [0.29, 0.717) is 16.3 Å². The lowest BCUT2D eigenvalue weighted by molar-refractivity contribution is -0.135. The molecule has 0 radical (unpaired) electrons. The molecule has 0 aliphatic carbocycles. The number of hydrogen-bond acceptors (Lipinski definition) is 4. The van der Waals surface area contributed by atoms with Crippen molar-refractivity contribution in [3.63, 3.8) is 0 Å². The van der Waals surface area contributed by atoms with Crippen molar-refractivity contribution in [2.24, 2.45) is 0 Å². The van der Waals surface area contributed by atoms with Crippen LogP contribution in [0.3, 0.4) is 0 Å². The molecule has 0 atom stereocenters. The number of carbonyl (C=O) groups is 2. The number of ether oxygens (including phenoxy) is 1. The summed E-state index contributed by atoms with van der Waals surface area (Å²) in [4.78, 5) is 22.2. The zero-order valence-corrected chi connectivity index (χ0v) is 10.9. The van der Waals surface area contributed by atoms with Crippen molar-refractivity contribution in [2.75, 3.05) is 20.2 Å². The van der Waals surface area contributed by atoms with Crippen molar-refractivity contribution in [2.45, 2.75) is 6.92 Å². The number of rotatable bonds is 6. The lowest BCUT2D eigenvalue weighted by atomic mass is 10.1. The van der Waals surface area contributed by atoms with Gasteiger partial charge in [-0.3, -0.25) is 14.9 Å². The van der Waals surface area contributed by atoms with E-state index in [0.717, 1.165) is 5.56 Å². The molecule has 1 rings (SSSR count). The van der Waals surface area contributed by atoms with Crippen LogP contribution in [-0.4, -0.2) is 37.1 Å². The number of carbonyl (C=O) groups excluding carboxylic acids is 1. The van der Waals surface area contributed by atoms with E-state index in [1.54, 1.807) is 6.07 Å². The number of aryl methyl sites for hydroxylation is 1. The van der Waals surface area contributed by atoms with Crippen LogP contribution >= 0.6 is 11.6 Å². The van der Waals surface area contributed by atoms with Crippen LogP contribution in [0.5, 0.6) is 5.75 Å². The largest absolute Gasteiger partial charge is 0.496 e. The second-order valence-corrected chi connectivity index (χ2v) is 4.13.